The van der Waals surface area contributed by atoms with Crippen molar-refractivity contribution in [3.05, 3.63) is 59.7 Å². The summed E-state index contributed by atoms with van der Waals surface area (Å²) in [6.45, 7) is 1.86. The Morgan fingerprint density at radius 1 is 1.20 bits per heavy atom. The molecule has 0 atom stereocenters. The van der Waals surface area contributed by atoms with Crippen molar-refractivity contribution in [3.63, 3.8) is 0 Å². The summed E-state index contributed by atoms with van der Waals surface area (Å²) in [5.41, 5.74) is 1.31. The van der Waals surface area contributed by atoms with Gasteiger partial charge in [-0.2, -0.15) is 13.5 Å². The van der Waals surface area contributed by atoms with Gasteiger partial charge in [0.05, 0.1) is 23.0 Å². The summed E-state index contributed by atoms with van der Waals surface area (Å²) in [6.07, 6.45) is 2.22. The van der Waals surface area contributed by atoms with Crippen LogP contribution in [0.3, 0.4) is 0 Å². The van der Waals surface area contributed by atoms with Crippen LogP contribution in [0, 0.1) is 12.7 Å². The van der Waals surface area contributed by atoms with Gasteiger partial charge in [-0.15, -0.1) is 0 Å². The molecule has 0 amide bonds. The number of hydrogen-bond acceptors (Lipinski definition) is 4. The molecule has 5 nitrogen and oxygen atoms in total. The fourth-order valence-electron chi connectivity index (χ4n) is 1.40. The van der Waals surface area contributed by atoms with Gasteiger partial charge in [0.2, 0.25) is 0 Å². The molecular formula is C13H12FN3O2S. The zero-order chi connectivity index (χ0) is 14.6. The molecule has 104 valence electrons. The van der Waals surface area contributed by atoms with Gasteiger partial charge >= 0.3 is 0 Å². The third-order valence-corrected chi connectivity index (χ3v) is 3.69. The van der Waals surface area contributed by atoms with Crippen LogP contribution >= 0.6 is 0 Å². The van der Waals surface area contributed by atoms with E-state index in [1.54, 1.807) is 12.1 Å². The van der Waals surface area contributed by atoms with Crippen LogP contribution in [0.2, 0.25) is 0 Å². The molecule has 0 saturated carbocycles. The van der Waals surface area contributed by atoms with Gasteiger partial charge in [-0.1, -0.05) is 17.7 Å². The van der Waals surface area contributed by atoms with Gasteiger partial charge < -0.3 is 0 Å². The number of pyridine rings is 1. The van der Waals surface area contributed by atoms with Crippen molar-refractivity contribution in [2.45, 2.75) is 11.8 Å². The maximum Gasteiger partial charge on any atom is 0.276 e. The SMILES string of the molecule is Cc1ccc(S(=O)(=O)NN=Cc2ccc(F)cn2)cc1. The number of aryl methyl sites for hydroxylation is 1. The third kappa shape index (κ3) is 3.61. The molecule has 0 aliphatic carbocycles. The van der Waals surface area contributed by atoms with E-state index in [1.807, 2.05) is 6.92 Å². The van der Waals surface area contributed by atoms with Crippen LogP contribution in [-0.4, -0.2) is 19.6 Å². The van der Waals surface area contributed by atoms with Crippen molar-refractivity contribution in [2.75, 3.05) is 0 Å². The Morgan fingerprint density at radius 3 is 2.50 bits per heavy atom. The van der Waals surface area contributed by atoms with Gasteiger partial charge in [-0.25, -0.2) is 9.22 Å². The number of hydrogen-bond donors (Lipinski definition) is 1. The molecule has 1 heterocycles. The van der Waals surface area contributed by atoms with E-state index in [0.717, 1.165) is 11.8 Å². The summed E-state index contributed by atoms with van der Waals surface area (Å²) >= 11 is 0. The maximum atomic E-state index is 12.6. The van der Waals surface area contributed by atoms with Crippen LogP contribution in [0.4, 0.5) is 4.39 Å². The Morgan fingerprint density at radius 2 is 1.90 bits per heavy atom. The van der Waals surface area contributed by atoms with Crippen LogP contribution in [0.25, 0.3) is 0 Å². The Kier molecular flexibility index (Phi) is 4.09. The Balaban J connectivity index is 2.09. The van der Waals surface area contributed by atoms with E-state index >= 15 is 0 Å². The Hall–Kier alpha value is -2.28. The smallest absolute Gasteiger partial charge is 0.252 e. The molecule has 2 rings (SSSR count). The average molecular weight is 293 g/mol. The second-order valence-electron chi connectivity index (χ2n) is 4.07. The highest BCUT2D eigenvalue weighted by molar-refractivity contribution is 7.89. The molecule has 0 aliphatic heterocycles. The largest absolute Gasteiger partial charge is 0.276 e. The van der Waals surface area contributed by atoms with Crippen molar-refractivity contribution in [2.24, 2.45) is 5.10 Å². The number of nitrogens with zero attached hydrogens (tertiary/aromatic N) is 2. The van der Waals surface area contributed by atoms with Crippen LogP contribution in [0.15, 0.2) is 52.6 Å². The molecule has 0 saturated heterocycles. The molecule has 20 heavy (non-hydrogen) atoms. The highest BCUT2D eigenvalue weighted by Gasteiger charge is 2.11. The molecule has 0 unspecified atom stereocenters. The van der Waals surface area contributed by atoms with E-state index in [-0.39, 0.29) is 4.90 Å². The van der Waals surface area contributed by atoms with Crippen LogP contribution < -0.4 is 4.83 Å². The highest BCUT2D eigenvalue weighted by Crippen LogP contribution is 2.09. The van der Waals surface area contributed by atoms with Crippen molar-refractivity contribution >= 4 is 16.2 Å². The Labute approximate surface area is 116 Å². The van der Waals surface area contributed by atoms with Crippen LogP contribution in [0.1, 0.15) is 11.3 Å². The first kappa shape index (κ1) is 14.1. The van der Waals surface area contributed by atoms with Crippen molar-refractivity contribution < 1.29 is 12.8 Å². The van der Waals surface area contributed by atoms with E-state index in [4.69, 9.17) is 0 Å². The normalized spacial score (nSPS) is 11.7. The number of rotatable bonds is 4. The molecule has 7 heteroatoms. The molecule has 0 radical (unpaired) electrons. The minimum Gasteiger partial charge on any atom is -0.252 e. The van der Waals surface area contributed by atoms with Gasteiger partial charge in [0.1, 0.15) is 5.82 Å². The monoisotopic (exact) mass is 293 g/mol. The Bertz CT molecular complexity index is 710. The number of sulfonamides is 1. The van der Waals surface area contributed by atoms with Crippen molar-refractivity contribution in [1.29, 1.82) is 0 Å². The summed E-state index contributed by atoms with van der Waals surface area (Å²) < 4.78 is 36.4. The zero-order valence-electron chi connectivity index (χ0n) is 10.6. The van der Waals surface area contributed by atoms with Gasteiger partial charge in [-0.3, -0.25) is 4.98 Å². The van der Waals surface area contributed by atoms with Gasteiger partial charge in [0.15, 0.2) is 0 Å². The standard InChI is InChI=1S/C13H12FN3O2S/c1-10-2-6-13(7-3-10)20(18,19)17-16-9-12-5-4-11(14)8-15-12/h2-9,17H,1H3. The third-order valence-electron chi connectivity index (χ3n) is 2.45. The molecular weight excluding hydrogens is 281 g/mol. The molecule has 0 fully saturated rings. The summed E-state index contributed by atoms with van der Waals surface area (Å²) in [6, 6.07) is 8.97. The summed E-state index contributed by atoms with van der Waals surface area (Å²) in [7, 11) is -3.71. The van der Waals surface area contributed by atoms with Crippen LogP contribution in [-0.2, 0) is 10.0 Å². The number of benzene rings is 1. The lowest BCUT2D eigenvalue weighted by Gasteiger charge is -2.03. The van der Waals surface area contributed by atoms with Crippen molar-refractivity contribution in [1.82, 2.24) is 9.82 Å². The lowest BCUT2D eigenvalue weighted by molar-refractivity contribution is 0.584. The number of halogens is 1. The lowest BCUT2D eigenvalue weighted by Crippen LogP contribution is -2.18. The van der Waals surface area contributed by atoms with E-state index in [0.29, 0.717) is 5.69 Å². The first-order chi connectivity index (χ1) is 9.47. The predicted molar refractivity (Wildman–Crippen MR) is 73.3 cm³/mol. The van der Waals surface area contributed by atoms with Gasteiger partial charge in [-0.05, 0) is 31.2 Å². The number of hydrazone groups is 1. The van der Waals surface area contributed by atoms with Crippen molar-refractivity contribution in [3.8, 4) is 0 Å². The second-order valence-corrected chi connectivity index (χ2v) is 5.73. The number of nitrogens with one attached hydrogen (secondary N) is 1. The fraction of sp³-hybridized carbons (Fsp3) is 0.0769. The van der Waals surface area contributed by atoms with E-state index in [9.17, 15) is 12.8 Å². The number of aromatic nitrogens is 1. The highest BCUT2D eigenvalue weighted by atomic mass is 32.2. The quantitative estimate of drug-likeness (QED) is 0.690. The molecule has 1 aromatic heterocycles. The van der Waals surface area contributed by atoms with E-state index in [2.05, 4.69) is 14.9 Å². The first-order valence-corrected chi connectivity index (χ1v) is 7.19. The molecule has 0 spiro atoms. The topological polar surface area (TPSA) is 71.4 Å². The van der Waals surface area contributed by atoms with Gasteiger partial charge in [0.25, 0.3) is 10.0 Å². The van der Waals surface area contributed by atoms with Gasteiger partial charge in [0, 0.05) is 0 Å². The zero-order valence-corrected chi connectivity index (χ0v) is 11.4. The minimum absolute atomic E-state index is 0.118. The lowest BCUT2D eigenvalue weighted by atomic mass is 10.2. The summed E-state index contributed by atoms with van der Waals surface area (Å²) in [5, 5.41) is 3.59. The summed E-state index contributed by atoms with van der Waals surface area (Å²) in [4.78, 5) is 5.91. The maximum absolute atomic E-state index is 12.6. The molecule has 1 N–H and O–H groups in total. The van der Waals surface area contributed by atoms with E-state index in [1.165, 1.54) is 30.5 Å². The molecule has 1 aromatic carbocycles. The average Bonchev–Trinajstić information content (AvgIpc) is 2.41. The second kappa shape index (κ2) is 5.79. The minimum atomic E-state index is -3.71. The fourth-order valence-corrected chi connectivity index (χ4v) is 2.19. The van der Waals surface area contributed by atoms with E-state index < -0.39 is 15.8 Å². The predicted octanol–water partition coefficient (Wildman–Crippen LogP) is 1.84. The van der Waals surface area contributed by atoms with Crippen LogP contribution in [0.5, 0.6) is 0 Å². The molecule has 0 aliphatic rings. The molecule has 2 aromatic rings. The first-order valence-electron chi connectivity index (χ1n) is 5.70. The molecule has 0 bridgehead atoms. The summed E-state index contributed by atoms with van der Waals surface area (Å²) in [5.74, 6) is -0.470.